The van der Waals surface area contributed by atoms with Crippen molar-refractivity contribution in [2.45, 2.75) is 20.8 Å². The summed E-state index contributed by atoms with van der Waals surface area (Å²) in [6.45, 7) is 6.67. The summed E-state index contributed by atoms with van der Waals surface area (Å²) >= 11 is 0. The second-order valence-corrected chi connectivity index (χ2v) is 5.22. The lowest BCUT2D eigenvalue weighted by atomic mass is 9.96. The van der Waals surface area contributed by atoms with Crippen LogP contribution in [0.4, 0.5) is 20.2 Å². The normalized spacial score (nSPS) is 11.6. The maximum Gasteiger partial charge on any atom is 0.184 e. The first-order valence-electron chi connectivity index (χ1n) is 5.17. The molecule has 0 heterocycles. The van der Waals surface area contributed by atoms with Crippen LogP contribution in [0.25, 0.3) is 0 Å². The molecule has 0 aliphatic heterocycles. The molecule has 0 aliphatic carbocycles. The average Bonchev–Trinajstić information content (AvgIpc) is 2.09. The summed E-state index contributed by atoms with van der Waals surface area (Å²) < 4.78 is 26.7. The van der Waals surface area contributed by atoms with Crippen molar-refractivity contribution in [3.8, 4) is 0 Å². The van der Waals surface area contributed by atoms with Crippen LogP contribution < -0.4 is 10.6 Å². The summed E-state index contributed by atoms with van der Waals surface area (Å²) in [5.74, 6) is -1.75. The van der Waals surface area contributed by atoms with Gasteiger partial charge in [0.05, 0.1) is 11.4 Å². The number of nitrogens with zero attached hydrogens (tertiary/aromatic N) is 1. The number of hydrogen-bond acceptors (Lipinski definition) is 2. The highest BCUT2D eigenvalue weighted by atomic mass is 19.2. The van der Waals surface area contributed by atoms with E-state index in [1.165, 1.54) is 6.07 Å². The van der Waals surface area contributed by atoms with Crippen molar-refractivity contribution in [2.75, 3.05) is 24.2 Å². The molecule has 2 nitrogen and oxygen atoms in total. The van der Waals surface area contributed by atoms with Gasteiger partial charge in [0.15, 0.2) is 11.6 Å². The van der Waals surface area contributed by atoms with Gasteiger partial charge in [-0.25, -0.2) is 8.78 Å². The third-order valence-corrected chi connectivity index (χ3v) is 2.19. The zero-order valence-corrected chi connectivity index (χ0v) is 10.1. The topological polar surface area (TPSA) is 29.3 Å². The highest BCUT2D eigenvalue weighted by molar-refractivity contribution is 5.68. The zero-order chi connectivity index (χ0) is 12.5. The molecule has 0 aliphatic rings. The van der Waals surface area contributed by atoms with E-state index in [1.54, 1.807) is 11.9 Å². The molecular formula is C12H18F2N2. The van der Waals surface area contributed by atoms with Gasteiger partial charge in [-0.3, -0.25) is 0 Å². The first-order valence-corrected chi connectivity index (χ1v) is 5.17. The fraction of sp³-hybridized carbons (Fsp3) is 0.500. The van der Waals surface area contributed by atoms with Gasteiger partial charge in [0.2, 0.25) is 0 Å². The van der Waals surface area contributed by atoms with E-state index in [2.05, 4.69) is 0 Å². The van der Waals surface area contributed by atoms with Crippen LogP contribution in [0.5, 0.6) is 0 Å². The maximum atomic E-state index is 13.6. The average molecular weight is 228 g/mol. The Bertz CT molecular complexity index is 383. The molecule has 0 unspecified atom stereocenters. The Balaban J connectivity index is 3.08. The van der Waals surface area contributed by atoms with E-state index in [0.29, 0.717) is 6.54 Å². The van der Waals surface area contributed by atoms with Crippen molar-refractivity contribution in [1.29, 1.82) is 0 Å². The van der Waals surface area contributed by atoms with Crippen molar-refractivity contribution in [3.63, 3.8) is 0 Å². The second-order valence-electron chi connectivity index (χ2n) is 5.22. The number of nitrogen functional groups attached to an aromatic ring is 1. The minimum Gasteiger partial charge on any atom is -0.397 e. The SMILES string of the molecule is CN(CC(C)(C)C)c1c(N)ccc(F)c1F. The third kappa shape index (κ3) is 2.84. The molecule has 2 N–H and O–H groups in total. The Morgan fingerprint density at radius 3 is 2.31 bits per heavy atom. The van der Waals surface area contributed by atoms with Crippen molar-refractivity contribution in [1.82, 2.24) is 0 Å². The van der Waals surface area contributed by atoms with E-state index in [0.717, 1.165) is 6.07 Å². The Morgan fingerprint density at radius 1 is 1.25 bits per heavy atom. The van der Waals surface area contributed by atoms with Gasteiger partial charge >= 0.3 is 0 Å². The summed E-state index contributed by atoms with van der Waals surface area (Å²) in [5.41, 5.74) is 6.04. The molecule has 0 atom stereocenters. The molecule has 0 bridgehead atoms. The number of anilines is 2. The number of rotatable bonds is 2. The van der Waals surface area contributed by atoms with Crippen molar-refractivity contribution in [3.05, 3.63) is 23.8 Å². The van der Waals surface area contributed by atoms with Gasteiger partial charge in [0, 0.05) is 13.6 Å². The predicted octanol–water partition coefficient (Wildman–Crippen LogP) is 3.03. The van der Waals surface area contributed by atoms with Crippen LogP contribution in [0, 0.1) is 17.0 Å². The van der Waals surface area contributed by atoms with Gasteiger partial charge in [-0.1, -0.05) is 20.8 Å². The van der Waals surface area contributed by atoms with Crippen molar-refractivity contribution < 1.29 is 8.78 Å². The fourth-order valence-electron chi connectivity index (χ4n) is 1.73. The lowest BCUT2D eigenvalue weighted by molar-refractivity contribution is 0.415. The smallest absolute Gasteiger partial charge is 0.184 e. The van der Waals surface area contributed by atoms with Gasteiger partial charge < -0.3 is 10.6 Å². The second kappa shape index (κ2) is 4.28. The summed E-state index contributed by atoms with van der Waals surface area (Å²) in [6.07, 6.45) is 0. The molecule has 1 rings (SSSR count). The Labute approximate surface area is 95.1 Å². The van der Waals surface area contributed by atoms with E-state index in [-0.39, 0.29) is 16.8 Å². The van der Waals surface area contributed by atoms with Crippen LogP contribution in [-0.4, -0.2) is 13.6 Å². The molecule has 0 saturated heterocycles. The number of nitrogens with two attached hydrogens (primary N) is 1. The lowest BCUT2D eigenvalue weighted by Crippen LogP contribution is -2.30. The van der Waals surface area contributed by atoms with E-state index < -0.39 is 11.6 Å². The van der Waals surface area contributed by atoms with Crippen molar-refractivity contribution >= 4 is 11.4 Å². The van der Waals surface area contributed by atoms with Crippen LogP contribution in [0.1, 0.15) is 20.8 Å². The summed E-state index contributed by atoms with van der Waals surface area (Å²) in [5, 5.41) is 0. The fourth-order valence-corrected chi connectivity index (χ4v) is 1.73. The van der Waals surface area contributed by atoms with Gasteiger partial charge in [0.25, 0.3) is 0 Å². The van der Waals surface area contributed by atoms with Gasteiger partial charge in [-0.05, 0) is 17.5 Å². The zero-order valence-electron chi connectivity index (χ0n) is 10.1. The van der Waals surface area contributed by atoms with E-state index in [9.17, 15) is 8.78 Å². The van der Waals surface area contributed by atoms with Crippen LogP contribution in [0.2, 0.25) is 0 Å². The lowest BCUT2D eigenvalue weighted by Gasteiger charge is -2.29. The first kappa shape index (κ1) is 12.7. The molecule has 1 aromatic carbocycles. The quantitative estimate of drug-likeness (QED) is 0.788. The monoisotopic (exact) mass is 228 g/mol. The molecule has 0 saturated carbocycles. The Hall–Kier alpha value is -1.32. The molecular weight excluding hydrogens is 210 g/mol. The van der Waals surface area contributed by atoms with E-state index >= 15 is 0 Å². The standard InChI is InChI=1S/C12H18F2N2/c1-12(2,3)7-16(4)11-9(15)6-5-8(13)10(11)14/h5-6H,7,15H2,1-4H3. The molecule has 0 aromatic heterocycles. The van der Waals surface area contributed by atoms with Crippen LogP contribution in [0.3, 0.4) is 0 Å². The maximum absolute atomic E-state index is 13.6. The molecule has 0 spiro atoms. The molecule has 0 fully saturated rings. The molecule has 1 aromatic rings. The van der Waals surface area contributed by atoms with Gasteiger partial charge in [-0.2, -0.15) is 0 Å². The minimum atomic E-state index is -0.883. The number of benzene rings is 1. The van der Waals surface area contributed by atoms with Crippen LogP contribution in [0.15, 0.2) is 12.1 Å². The molecule has 0 amide bonds. The molecule has 4 heteroatoms. The highest BCUT2D eigenvalue weighted by Crippen LogP contribution is 2.29. The number of hydrogen-bond donors (Lipinski definition) is 1. The third-order valence-electron chi connectivity index (χ3n) is 2.19. The largest absolute Gasteiger partial charge is 0.397 e. The predicted molar refractivity (Wildman–Crippen MR) is 63.5 cm³/mol. The van der Waals surface area contributed by atoms with Gasteiger partial charge in [-0.15, -0.1) is 0 Å². The number of halogens is 2. The van der Waals surface area contributed by atoms with E-state index in [1.807, 2.05) is 20.8 Å². The van der Waals surface area contributed by atoms with E-state index in [4.69, 9.17) is 5.73 Å². The first-order chi connectivity index (χ1) is 7.22. The summed E-state index contributed by atoms with van der Waals surface area (Å²) in [7, 11) is 1.71. The Kier molecular flexibility index (Phi) is 3.41. The molecule has 90 valence electrons. The Morgan fingerprint density at radius 2 is 1.81 bits per heavy atom. The van der Waals surface area contributed by atoms with Crippen LogP contribution in [-0.2, 0) is 0 Å². The highest BCUT2D eigenvalue weighted by Gasteiger charge is 2.20. The molecule has 16 heavy (non-hydrogen) atoms. The van der Waals surface area contributed by atoms with Gasteiger partial charge in [0.1, 0.15) is 0 Å². The van der Waals surface area contributed by atoms with Crippen LogP contribution >= 0.6 is 0 Å². The minimum absolute atomic E-state index is 0.0139. The summed E-state index contributed by atoms with van der Waals surface area (Å²) in [6, 6.07) is 2.42. The van der Waals surface area contributed by atoms with Crippen molar-refractivity contribution in [2.24, 2.45) is 5.41 Å². The summed E-state index contributed by atoms with van der Waals surface area (Å²) in [4.78, 5) is 1.65. The molecule has 0 radical (unpaired) electrons.